The third-order valence-corrected chi connectivity index (χ3v) is 2.24. The summed E-state index contributed by atoms with van der Waals surface area (Å²) in [5.41, 5.74) is 7.53. The van der Waals surface area contributed by atoms with Gasteiger partial charge in [0.2, 0.25) is 0 Å². The monoisotopic (exact) mass is 210 g/mol. The van der Waals surface area contributed by atoms with Crippen LogP contribution in [0, 0.1) is 0 Å². The lowest BCUT2D eigenvalue weighted by Gasteiger charge is -2.03. The third-order valence-electron chi connectivity index (χ3n) is 2.24. The molecule has 0 aliphatic rings. The summed E-state index contributed by atoms with van der Waals surface area (Å²) in [6.45, 7) is 7.02. The van der Waals surface area contributed by atoms with E-state index in [-0.39, 0.29) is 5.84 Å². The second kappa shape index (κ2) is 4.82. The molecule has 1 heterocycles. The number of hydrogen-bond acceptors (Lipinski definition) is 3. The maximum atomic E-state index is 8.53. The fourth-order valence-electron chi connectivity index (χ4n) is 1.49. The summed E-state index contributed by atoms with van der Waals surface area (Å²) in [6.07, 6.45) is 2.40. The van der Waals surface area contributed by atoms with Gasteiger partial charge in [-0.2, -0.15) is 5.10 Å². The first-order valence-electron chi connectivity index (χ1n) is 5.11. The molecule has 1 rings (SSSR count). The Bertz CT molecular complexity index is 354. The largest absolute Gasteiger partial charge is 0.409 e. The number of rotatable bonds is 4. The number of nitrogens with two attached hydrogens (primary N) is 1. The Morgan fingerprint density at radius 3 is 2.80 bits per heavy atom. The van der Waals surface area contributed by atoms with Crippen LogP contribution in [-0.4, -0.2) is 20.8 Å². The minimum atomic E-state index is 0.215. The fraction of sp³-hybridized carbons (Fsp3) is 0.600. The highest BCUT2D eigenvalue weighted by atomic mass is 16.4. The van der Waals surface area contributed by atoms with Gasteiger partial charge in [-0.1, -0.05) is 19.0 Å². The highest BCUT2D eigenvalue weighted by Gasteiger charge is 2.13. The van der Waals surface area contributed by atoms with Crippen LogP contribution in [0.25, 0.3) is 0 Å². The minimum Gasteiger partial charge on any atom is -0.409 e. The Hall–Kier alpha value is -1.52. The number of nitrogens with zero attached hydrogens (tertiary/aromatic N) is 3. The number of oxime groups is 1. The van der Waals surface area contributed by atoms with E-state index in [1.807, 2.05) is 17.8 Å². The number of amidine groups is 1. The van der Waals surface area contributed by atoms with Crippen LogP contribution in [0.4, 0.5) is 0 Å². The molecule has 0 aromatic carbocycles. The van der Waals surface area contributed by atoms with E-state index in [1.165, 1.54) is 0 Å². The van der Waals surface area contributed by atoms with Crippen LogP contribution in [0.2, 0.25) is 0 Å². The maximum Gasteiger partial charge on any atom is 0.143 e. The summed E-state index contributed by atoms with van der Waals surface area (Å²) >= 11 is 0. The van der Waals surface area contributed by atoms with Crippen molar-refractivity contribution in [2.45, 2.75) is 39.7 Å². The molecule has 1 aromatic heterocycles. The van der Waals surface area contributed by atoms with Crippen molar-refractivity contribution in [2.75, 3.05) is 0 Å². The summed E-state index contributed by atoms with van der Waals surface area (Å²) in [6, 6.07) is 0. The average Bonchev–Trinajstić information content (AvgIpc) is 2.61. The lowest BCUT2D eigenvalue weighted by Crippen LogP contribution is -2.15. The summed E-state index contributed by atoms with van der Waals surface area (Å²) < 4.78 is 1.87. The van der Waals surface area contributed by atoms with E-state index >= 15 is 0 Å². The first kappa shape index (κ1) is 11.6. The molecule has 0 saturated heterocycles. The van der Waals surface area contributed by atoms with Gasteiger partial charge in [-0.05, 0) is 12.8 Å². The van der Waals surface area contributed by atoms with Gasteiger partial charge in [0.25, 0.3) is 0 Å². The van der Waals surface area contributed by atoms with Crippen LogP contribution >= 0.6 is 0 Å². The van der Waals surface area contributed by atoms with Gasteiger partial charge in [-0.3, -0.25) is 4.68 Å². The minimum absolute atomic E-state index is 0.215. The molecule has 0 spiro atoms. The van der Waals surface area contributed by atoms with Gasteiger partial charge >= 0.3 is 0 Å². The molecule has 0 radical (unpaired) electrons. The molecule has 1 aromatic rings. The van der Waals surface area contributed by atoms with Crippen molar-refractivity contribution in [3.63, 3.8) is 0 Å². The molecule has 5 nitrogen and oxygen atoms in total. The predicted molar refractivity (Wildman–Crippen MR) is 59.1 cm³/mol. The first-order chi connectivity index (χ1) is 7.08. The maximum absolute atomic E-state index is 8.53. The van der Waals surface area contributed by atoms with Crippen molar-refractivity contribution < 1.29 is 5.21 Å². The van der Waals surface area contributed by atoms with Crippen LogP contribution in [0.1, 0.15) is 37.9 Å². The van der Waals surface area contributed by atoms with E-state index in [9.17, 15) is 0 Å². The SMILES string of the molecule is CCn1cc(C/C(N)=N/O)c(C(C)C)n1. The lowest BCUT2D eigenvalue weighted by atomic mass is 10.0. The highest BCUT2D eigenvalue weighted by molar-refractivity contribution is 5.82. The number of hydrogen-bond donors (Lipinski definition) is 2. The molecule has 3 N–H and O–H groups in total. The Morgan fingerprint density at radius 1 is 1.67 bits per heavy atom. The molecular formula is C10H18N4O. The van der Waals surface area contributed by atoms with Crippen molar-refractivity contribution in [1.82, 2.24) is 9.78 Å². The Labute approximate surface area is 89.6 Å². The molecule has 0 atom stereocenters. The highest BCUT2D eigenvalue weighted by Crippen LogP contribution is 2.18. The zero-order valence-corrected chi connectivity index (χ0v) is 9.44. The van der Waals surface area contributed by atoms with E-state index < -0.39 is 0 Å². The van der Waals surface area contributed by atoms with E-state index in [4.69, 9.17) is 10.9 Å². The predicted octanol–water partition coefficient (Wildman–Crippen LogP) is 1.32. The normalized spacial score (nSPS) is 12.4. The average molecular weight is 210 g/mol. The molecular weight excluding hydrogens is 192 g/mol. The molecule has 0 aliphatic heterocycles. The van der Waals surface area contributed by atoms with Crippen molar-refractivity contribution in [1.29, 1.82) is 0 Å². The quantitative estimate of drug-likeness (QED) is 0.340. The van der Waals surface area contributed by atoms with Gasteiger partial charge in [0, 0.05) is 24.7 Å². The van der Waals surface area contributed by atoms with Gasteiger partial charge in [-0.15, -0.1) is 0 Å². The number of aryl methyl sites for hydroxylation is 1. The molecule has 15 heavy (non-hydrogen) atoms. The Balaban J connectivity index is 2.98. The summed E-state index contributed by atoms with van der Waals surface area (Å²) in [4.78, 5) is 0. The van der Waals surface area contributed by atoms with E-state index in [1.54, 1.807) is 0 Å². The van der Waals surface area contributed by atoms with Gasteiger partial charge in [-0.25, -0.2) is 0 Å². The fourth-order valence-corrected chi connectivity index (χ4v) is 1.49. The molecule has 0 saturated carbocycles. The zero-order chi connectivity index (χ0) is 11.4. The molecule has 0 aliphatic carbocycles. The molecule has 5 heteroatoms. The topological polar surface area (TPSA) is 76.4 Å². The third kappa shape index (κ3) is 2.71. The molecule has 0 amide bonds. The Kier molecular flexibility index (Phi) is 3.71. The van der Waals surface area contributed by atoms with Gasteiger partial charge in [0.1, 0.15) is 5.84 Å². The number of aromatic nitrogens is 2. The van der Waals surface area contributed by atoms with Crippen molar-refractivity contribution in [3.8, 4) is 0 Å². The zero-order valence-electron chi connectivity index (χ0n) is 9.44. The Morgan fingerprint density at radius 2 is 2.33 bits per heavy atom. The molecule has 84 valence electrons. The van der Waals surface area contributed by atoms with Crippen LogP contribution in [0.15, 0.2) is 11.4 Å². The van der Waals surface area contributed by atoms with E-state index in [2.05, 4.69) is 24.1 Å². The van der Waals surface area contributed by atoms with Crippen LogP contribution < -0.4 is 5.73 Å². The summed E-state index contributed by atoms with van der Waals surface area (Å²) in [5, 5.41) is 15.9. The second-order valence-electron chi connectivity index (χ2n) is 3.82. The first-order valence-corrected chi connectivity index (χ1v) is 5.11. The van der Waals surface area contributed by atoms with Gasteiger partial charge in [0.05, 0.1) is 5.69 Å². The van der Waals surface area contributed by atoms with Gasteiger partial charge in [0.15, 0.2) is 0 Å². The molecule has 0 unspecified atom stereocenters. The van der Waals surface area contributed by atoms with Gasteiger partial charge < -0.3 is 10.9 Å². The van der Waals surface area contributed by atoms with Crippen LogP contribution in [0.3, 0.4) is 0 Å². The molecule has 0 fully saturated rings. The molecule has 0 bridgehead atoms. The van der Waals surface area contributed by atoms with E-state index in [0.717, 1.165) is 17.8 Å². The smallest absolute Gasteiger partial charge is 0.143 e. The van der Waals surface area contributed by atoms with E-state index in [0.29, 0.717) is 12.3 Å². The van der Waals surface area contributed by atoms with Crippen LogP contribution in [0.5, 0.6) is 0 Å². The van der Waals surface area contributed by atoms with Crippen molar-refractivity contribution in [2.24, 2.45) is 10.9 Å². The summed E-state index contributed by atoms with van der Waals surface area (Å²) in [7, 11) is 0. The van der Waals surface area contributed by atoms with Crippen LogP contribution in [-0.2, 0) is 13.0 Å². The summed E-state index contributed by atoms with van der Waals surface area (Å²) in [5.74, 6) is 0.562. The van der Waals surface area contributed by atoms with Crippen molar-refractivity contribution >= 4 is 5.84 Å². The lowest BCUT2D eigenvalue weighted by molar-refractivity contribution is 0.317. The standard InChI is InChI=1S/C10H18N4O/c1-4-14-6-8(5-9(11)13-15)10(12-14)7(2)3/h6-7,15H,4-5H2,1-3H3,(H2,11,13). The van der Waals surface area contributed by atoms with Crippen molar-refractivity contribution in [3.05, 3.63) is 17.5 Å². The second-order valence-corrected chi connectivity index (χ2v) is 3.82.